The Bertz CT molecular complexity index is 1760. The predicted octanol–water partition coefficient (Wildman–Crippen LogP) is 4.52. The molecule has 0 saturated heterocycles. The summed E-state index contributed by atoms with van der Waals surface area (Å²) in [6.07, 6.45) is 9.95. The Labute approximate surface area is 266 Å². The van der Waals surface area contributed by atoms with E-state index in [0.29, 0.717) is 0 Å². The van der Waals surface area contributed by atoms with E-state index in [9.17, 15) is 19.6 Å². The van der Waals surface area contributed by atoms with Crippen molar-refractivity contribution >= 4 is 46.3 Å². The molecule has 0 spiro atoms. The van der Waals surface area contributed by atoms with E-state index in [-0.39, 0.29) is 28.0 Å². The van der Waals surface area contributed by atoms with Crippen molar-refractivity contribution in [3.63, 3.8) is 0 Å². The fourth-order valence-corrected chi connectivity index (χ4v) is 6.02. The molecule has 10 heteroatoms. The zero-order chi connectivity index (χ0) is 32.2. The van der Waals surface area contributed by atoms with Crippen molar-refractivity contribution in [1.29, 1.82) is 5.26 Å². The number of hydrogen-bond acceptors (Lipinski definition) is 9. The Balaban J connectivity index is 1.62. The molecule has 1 aliphatic rings. The summed E-state index contributed by atoms with van der Waals surface area (Å²) in [5.41, 5.74) is 3.15. The zero-order valence-corrected chi connectivity index (χ0v) is 26.3. The number of carbonyl (C=O) groups is 2. The molecule has 4 rings (SSSR count). The Morgan fingerprint density at radius 3 is 2.51 bits per heavy atom. The van der Waals surface area contributed by atoms with Crippen molar-refractivity contribution in [2.75, 3.05) is 31.3 Å². The van der Waals surface area contributed by atoms with Crippen LogP contribution in [0.2, 0.25) is 0 Å². The number of carbonyl (C=O) groups excluding carboxylic acids is 2. The molecule has 0 amide bonds. The number of esters is 2. The number of nitrogens with zero attached hydrogens (tertiary/aromatic N) is 3. The fourth-order valence-electron chi connectivity index (χ4n) is 4.94. The molecule has 0 unspecified atom stereocenters. The number of benzene rings is 2. The lowest BCUT2D eigenvalue weighted by atomic mass is 10.1. The summed E-state index contributed by atoms with van der Waals surface area (Å²) in [7, 11) is 0. The lowest BCUT2D eigenvalue weighted by Crippen LogP contribution is -2.36. The van der Waals surface area contributed by atoms with Crippen molar-refractivity contribution in [1.82, 2.24) is 4.57 Å². The molecule has 0 saturated carbocycles. The predicted molar refractivity (Wildman–Crippen MR) is 176 cm³/mol. The Kier molecular flexibility index (Phi) is 11.9. The monoisotopic (exact) mass is 627 g/mol. The van der Waals surface area contributed by atoms with Gasteiger partial charge in [0.1, 0.15) is 36.2 Å². The van der Waals surface area contributed by atoms with Crippen LogP contribution in [0, 0.1) is 11.3 Å². The largest absolute Gasteiger partial charge is 0.494 e. The van der Waals surface area contributed by atoms with Crippen molar-refractivity contribution in [2.45, 2.75) is 45.6 Å². The fraction of sp³-hybridized carbons (Fsp3) is 0.314. The van der Waals surface area contributed by atoms with Crippen molar-refractivity contribution in [2.24, 2.45) is 0 Å². The van der Waals surface area contributed by atoms with Crippen LogP contribution in [0.4, 0.5) is 11.4 Å². The highest BCUT2D eigenvalue weighted by atomic mass is 32.1. The van der Waals surface area contributed by atoms with E-state index in [1.807, 2.05) is 36.4 Å². The van der Waals surface area contributed by atoms with E-state index in [4.69, 9.17) is 14.2 Å². The summed E-state index contributed by atoms with van der Waals surface area (Å²) in [5, 5.41) is 9.77. The molecule has 234 valence electrons. The standard InChI is InChI=1S/C35H37N3O6S/c1-4-7-8-9-20-42-28-13-11-27(12-14-28)37-17-16-26-21-25(10-15-30(26)37)22-31-33(40)38(24-32(39)43-18-5-2)34(45-31)29(23-36)35(41)44-19-6-3/h5-6,10-15,21-22H,2-4,7-9,16-20,24H2,1H3. The summed E-state index contributed by atoms with van der Waals surface area (Å²) in [5.74, 6) is -0.758. The van der Waals surface area contributed by atoms with Gasteiger partial charge in [0.2, 0.25) is 0 Å². The van der Waals surface area contributed by atoms with Gasteiger partial charge in [0.05, 0.1) is 11.1 Å². The van der Waals surface area contributed by atoms with Crippen molar-refractivity contribution in [3.05, 3.63) is 98.5 Å². The maximum atomic E-state index is 13.5. The number of thiazole rings is 1. The van der Waals surface area contributed by atoms with E-state index in [1.54, 1.807) is 6.08 Å². The Morgan fingerprint density at radius 1 is 1.04 bits per heavy atom. The number of nitriles is 1. The van der Waals surface area contributed by atoms with E-state index < -0.39 is 24.0 Å². The summed E-state index contributed by atoms with van der Waals surface area (Å²) in [6.45, 7) is 10.1. The van der Waals surface area contributed by atoms with Gasteiger partial charge in [-0.1, -0.05) is 57.6 Å². The minimum absolute atomic E-state index is 0.0130. The first-order valence-electron chi connectivity index (χ1n) is 14.9. The van der Waals surface area contributed by atoms with Crippen LogP contribution in [0.3, 0.4) is 0 Å². The van der Waals surface area contributed by atoms with E-state index in [2.05, 4.69) is 37.1 Å². The second-order valence-corrected chi connectivity index (χ2v) is 11.4. The second kappa shape index (κ2) is 16.3. The maximum absolute atomic E-state index is 13.5. The molecule has 45 heavy (non-hydrogen) atoms. The first-order chi connectivity index (χ1) is 21.9. The first kappa shape index (κ1) is 33.0. The molecule has 2 heterocycles. The first-order valence-corrected chi connectivity index (χ1v) is 15.7. The van der Waals surface area contributed by atoms with Crippen LogP contribution in [0.25, 0.3) is 11.6 Å². The number of ether oxygens (including phenoxy) is 3. The summed E-state index contributed by atoms with van der Waals surface area (Å²) in [4.78, 5) is 40.7. The molecule has 1 aromatic heterocycles. The van der Waals surface area contributed by atoms with Crippen molar-refractivity contribution < 1.29 is 23.8 Å². The number of rotatable bonds is 15. The third-order valence-electron chi connectivity index (χ3n) is 7.13. The Morgan fingerprint density at radius 2 is 1.80 bits per heavy atom. The van der Waals surface area contributed by atoms with Gasteiger partial charge in [0.25, 0.3) is 5.56 Å². The van der Waals surface area contributed by atoms with Crippen LogP contribution < -0.4 is 24.4 Å². The third kappa shape index (κ3) is 8.40. The van der Waals surface area contributed by atoms with Gasteiger partial charge in [-0.25, -0.2) is 4.79 Å². The minimum atomic E-state index is -0.914. The summed E-state index contributed by atoms with van der Waals surface area (Å²) < 4.78 is 17.3. The molecule has 0 bridgehead atoms. The van der Waals surface area contributed by atoms with Crippen LogP contribution in [0.15, 0.2) is 72.6 Å². The van der Waals surface area contributed by atoms with Gasteiger partial charge in [0.15, 0.2) is 5.57 Å². The second-order valence-electron chi connectivity index (χ2n) is 10.3. The molecule has 3 aromatic rings. The van der Waals surface area contributed by atoms with E-state index in [0.717, 1.165) is 70.1 Å². The molecular formula is C35H37N3O6S. The van der Waals surface area contributed by atoms with Crippen LogP contribution in [0.1, 0.15) is 43.7 Å². The smallest absolute Gasteiger partial charge is 0.352 e. The zero-order valence-electron chi connectivity index (χ0n) is 25.5. The maximum Gasteiger partial charge on any atom is 0.352 e. The number of aromatic nitrogens is 1. The van der Waals surface area contributed by atoms with Crippen LogP contribution in [0.5, 0.6) is 5.75 Å². The lowest BCUT2D eigenvalue weighted by molar-refractivity contribution is -0.143. The quantitative estimate of drug-likeness (QED) is 0.137. The van der Waals surface area contributed by atoms with E-state index in [1.165, 1.54) is 31.4 Å². The van der Waals surface area contributed by atoms with Gasteiger partial charge < -0.3 is 19.1 Å². The van der Waals surface area contributed by atoms with Gasteiger partial charge >= 0.3 is 11.9 Å². The average Bonchev–Trinajstić information content (AvgIpc) is 3.60. The van der Waals surface area contributed by atoms with Crippen LogP contribution in [-0.2, 0) is 32.0 Å². The number of anilines is 2. The van der Waals surface area contributed by atoms with Crippen molar-refractivity contribution in [3.8, 4) is 11.8 Å². The number of fused-ring (bicyclic) bond motifs is 1. The summed E-state index contributed by atoms with van der Waals surface area (Å²) in [6, 6.07) is 15.9. The SMILES string of the molecule is C=CCOC(=O)Cn1c(=C(C#N)C(=O)OCC=C)sc(=Cc2ccc3c(c2)CCN3c2ccc(OCCCCCC)cc2)c1=O. The van der Waals surface area contributed by atoms with Gasteiger partial charge in [-0.05, 0) is 66.4 Å². The molecular weight excluding hydrogens is 590 g/mol. The van der Waals surface area contributed by atoms with Gasteiger partial charge in [0, 0.05) is 17.9 Å². The lowest BCUT2D eigenvalue weighted by Gasteiger charge is -2.20. The van der Waals surface area contributed by atoms with Gasteiger partial charge in [-0.3, -0.25) is 14.2 Å². The third-order valence-corrected chi connectivity index (χ3v) is 8.26. The number of hydrogen-bond donors (Lipinski definition) is 0. The molecule has 0 atom stereocenters. The molecule has 0 fully saturated rings. The highest BCUT2D eigenvalue weighted by molar-refractivity contribution is 7.07. The normalized spacial score (nSPS) is 13.1. The van der Waals surface area contributed by atoms with E-state index >= 15 is 0 Å². The van der Waals surface area contributed by atoms with Gasteiger partial charge in [-0.15, -0.1) is 11.3 Å². The molecule has 9 nitrogen and oxygen atoms in total. The average molecular weight is 628 g/mol. The molecule has 0 N–H and O–H groups in total. The van der Waals surface area contributed by atoms with Crippen LogP contribution in [-0.4, -0.2) is 42.9 Å². The highest BCUT2D eigenvalue weighted by Crippen LogP contribution is 2.35. The summed E-state index contributed by atoms with van der Waals surface area (Å²) >= 11 is 0.941. The minimum Gasteiger partial charge on any atom is -0.494 e. The molecule has 0 aliphatic carbocycles. The molecule has 1 aliphatic heterocycles. The molecule has 2 aromatic carbocycles. The Hall–Kier alpha value is -4.88. The van der Waals surface area contributed by atoms with Gasteiger partial charge in [-0.2, -0.15) is 5.26 Å². The highest BCUT2D eigenvalue weighted by Gasteiger charge is 2.22. The topological polar surface area (TPSA) is 111 Å². The van der Waals surface area contributed by atoms with Crippen LogP contribution >= 0.6 is 11.3 Å². The number of unbranched alkanes of at least 4 members (excludes halogenated alkanes) is 3. The molecule has 0 radical (unpaired) electrons.